The van der Waals surface area contributed by atoms with Gasteiger partial charge in [-0.05, 0) is 19.3 Å². The van der Waals surface area contributed by atoms with Gasteiger partial charge in [-0.25, -0.2) is 0 Å². The van der Waals surface area contributed by atoms with E-state index in [4.69, 9.17) is 4.74 Å². The van der Waals surface area contributed by atoms with Gasteiger partial charge in [-0.15, -0.1) is 0 Å². The molecule has 2 aliphatic heterocycles. The quantitative estimate of drug-likeness (QED) is 0.545. The van der Waals surface area contributed by atoms with Crippen molar-refractivity contribution < 1.29 is 9.53 Å². The Morgan fingerprint density at radius 2 is 2.42 bits per heavy atom. The third-order valence-corrected chi connectivity index (χ3v) is 3.96. The van der Waals surface area contributed by atoms with E-state index in [1.54, 1.807) is 0 Å². The van der Waals surface area contributed by atoms with Gasteiger partial charge in [0.1, 0.15) is 5.78 Å². The van der Waals surface area contributed by atoms with E-state index in [1.807, 2.05) is 0 Å². The molecule has 2 aliphatic carbocycles. The minimum atomic E-state index is 0.0179. The Hall–Kier alpha value is -0.370. The number of carbonyl (C=O) groups is 1. The Balaban J connectivity index is 2.01. The van der Waals surface area contributed by atoms with Crippen LogP contribution in [-0.2, 0) is 9.53 Å². The summed E-state index contributed by atoms with van der Waals surface area (Å²) in [6.45, 7) is 3.02. The van der Waals surface area contributed by atoms with Crippen LogP contribution in [0.4, 0.5) is 0 Å². The molecule has 12 heavy (non-hydrogen) atoms. The summed E-state index contributed by atoms with van der Waals surface area (Å²) in [7, 11) is 0. The van der Waals surface area contributed by atoms with Crippen molar-refractivity contribution in [2.75, 3.05) is 6.61 Å². The molecule has 4 rings (SSSR count). The molecule has 0 radical (unpaired) electrons. The Bertz CT molecular complexity index is 257. The predicted molar refractivity (Wildman–Crippen MR) is 43.8 cm³/mol. The predicted octanol–water partition coefficient (Wildman–Crippen LogP) is 1.53. The van der Waals surface area contributed by atoms with Gasteiger partial charge in [0, 0.05) is 11.8 Å². The van der Waals surface area contributed by atoms with E-state index in [9.17, 15) is 4.79 Å². The zero-order valence-corrected chi connectivity index (χ0v) is 7.43. The van der Waals surface area contributed by atoms with E-state index in [-0.39, 0.29) is 16.9 Å². The number of carbonyl (C=O) groups excluding carboxylic acids is 1. The number of ether oxygens (including phenoxy) is 1. The van der Waals surface area contributed by atoms with Crippen LogP contribution in [-0.4, -0.2) is 18.0 Å². The highest BCUT2D eigenvalue weighted by Crippen LogP contribution is 2.66. The molecule has 0 aromatic rings. The van der Waals surface area contributed by atoms with Gasteiger partial charge in [0.25, 0.3) is 0 Å². The number of Topliss-reactive ketones (excluding diaryl/α,β-unsaturated/α-hetero) is 1. The lowest BCUT2D eigenvalue weighted by Gasteiger charge is -2.52. The van der Waals surface area contributed by atoms with Crippen LogP contribution in [0.25, 0.3) is 0 Å². The van der Waals surface area contributed by atoms with Crippen LogP contribution in [0.3, 0.4) is 0 Å². The van der Waals surface area contributed by atoms with Crippen LogP contribution in [0.2, 0.25) is 0 Å². The SMILES string of the molecule is CC12COC3(CCCC(=O)C13)C2. The fourth-order valence-corrected chi connectivity index (χ4v) is 3.66. The van der Waals surface area contributed by atoms with Crippen molar-refractivity contribution >= 4 is 5.78 Å². The molecule has 3 unspecified atom stereocenters. The average Bonchev–Trinajstić information content (AvgIpc) is 2.41. The summed E-state index contributed by atoms with van der Waals surface area (Å²) >= 11 is 0. The van der Waals surface area contributed by atoms with Crippen LogP contribution in [0.15, 0.2) is 0 Å². The first-order chi connectivity index (χ1) is 5.66. The van der Waals surface area contributed by atoms with Crippen LogP contribution in [0.1, 0.15) is 32.6 Å². The summed E-state index contributed by atoms with van der Waals surface area (Å²) in [6.07, 6.45) is 4.10. The van der Waals surface area contributed by atoms with E-state index < -0.39 is 0 Å². The molecule has 3 atom stereocenters. The lowest BCUT2D eigenvalue weighted by Crippen LogP contribution is -2.59. The number of hydrogen-bond donors (Lipinski definition) is 0. The lowest BCUT2D eigenvalue weighted by molar-refractivity contribution is -0.153. The van der Waals surface area contributed by atoms with E-state index in [0.717, 1.165) is 32.3 Å². The van der Waals surface area contributed by atoms with Gasteiger partial charge < -0.3 is 4.74 Å². The van der Waals surface area contributed by atoms with Crippen molar-refractivity contribution in [3.8, 4) is 0 Å². The molecule has 1 spiro atoms. The van der Waals surface area contributed by atoms with Crippen molar-refractivity contribution in [1.82, 2.24) is 0 Å². The highest BCUT2D eigenvalue weighted by atomic mass is 16.5. The maximum atomic E-state index is 11.6. The first-order valence-electron chi connectivity index (χ1n) is 4.83. The van der Waals surface area contributed by atoms with E-state index >= 15 is 0 Å². The fraction of sp³-hybridized carbons (Fsp3) is 0.900. The van der Waals surface area contributed by atoms with Gasteiger partial charge in [-0.2, -0.15) is 0 Å². The molecule has 2 heterocycles. The molecule has 0 N–H and O–H groups in total. The molecule has 2 nitrogen and oxygen atoms in total. The summed E-state index contributed by atoms with van der Waals surface area (Å²) in [5.74, 6) is 0.728. The molecule has 0 aromatic heterocycles. The maximum absolute atomic E-state index is 11.6. The van der Waals surface area contributed by atoms with Gasteiger partial charge in [0.2, 0.25) is 0 Å². The third kappa shape index (κ3) is 0.565. The average molecular weight is 166 g/mol. The molecule has 2 saturated heterocycles. The minimum absolute atomic E-state index is 0.0179. The van der Waals surface area contributed by atoms with E-state index in [1.165, 1.54) is 0 Å². The zero-order chi connectivity index (χ0) is 8.40. The van der Waals surface area contributed by atoms with E-state index in [2.05, 4.69) is 6.92 Å². The maximum Gasteiger partial charge on any atom is 0.139 e. The monoisotopic (exact) mass is 166 g/mol. The standard InChI is InChI=1S/C10H14O2/c1-9-5-10(12-6-9)4-2-3-7(11)8(9)10/h8H,2-6H2,1H3. The van der Waals surface area contributed by atoms with Crippen LogP contribution in [0.5, 0.6) is 0 Å². The number of fused-ring (bicyclic) bond motifs is 1. The zero-order valence-electron chi connectivity index (χ0n) is 7.43. The van der Waals surface area contributed by atoms with Crippen LogP contribution >= 0.6 is 0 Å². The summed E-state index contributed by atoms with van der Waals surface area (Å²) in [5, 5.41) is 0. The van der Waals surface area contributed by atoms with Crippen molar-refractivity contribution in [3.05, 3.63) is 0 Å². The van der Waals surface area contributed by atoms with Crippen LogP contribution in [0, 0.1) is 11.3 Å². The van der Waals surface area contributed by atoms with Gasteiger partial charge in [0.15, 0.2) is 0 Å². The van der Waals surface area contributed by atoms with Crippen molar-refractivity contribution in [3.63, 3.8) is 0 Å². The summed E-state index contributed by atoms with van der Waals surface area (Å²) in [4.78, 5) is 11.6. The molecular weight excluding hydrogens is 152 g/mol. The molecule has 2 bridgehead atoms. The van der Waals surface area contributed by atoms with Gasteiger partial charge in [-0.1, -0.05) is 6.92 Å². The lowest BCUT2D eigenvalue weighted by atomic mass is 9.50. The first-order valence-corrected chi connectivity index (χ1v) is 4.83. The number of hydrogen-bond acceptors (Lipinski definition) is 2. The van der Waals surface area contributed by atoms with Gasteiger partial charge in [-0.3, -0.25) is 4.79 Å². The summed E-state index contributed by atoms with van der Waals surface area (Å²) < 4.78 is 5.77. The normalized spacial score (nSPS) is 56.4. The molecule has 2 saturated carbocycles. The molecule has 66 valence electrons. The van der Waals surface area contributed by atoms with Gasteiger partial charge in [0.05, 0.1) is 18.1 Å². The Morgan fingerprint density at radius 3 is 3.08 bits per heavy atom. The van der Waals surface area contributed by atoms with Gasteiger partial charge >= 0.3 is 0 Å². The molecule has 0 amide bonds. The molecule has 0 aromatic carbocycles. The smallest absolute Gasteiger partial charge is 0.139 e. The van der Waals surface area contributed by atoms with Crippen LogP contribution < -0.4 is 0 Å². The summed E-state index contributed by atoms with van der Waals surface area (Å²) in [6, 6.07) is 0. The summed E-state index contributed by atoms with van der Waals surface area (Å²) in [5.41, 5.74) is 0.238. The second-order valence-electron chi connectivity index (χ2n) is 4.94. The third-order valence-electron chi connectivity index (χ3n) is 3.96. The number of ketones is 1. The van der Waals surface area contributed by atoms with Crippen molar-refractivity contribution in [2.45, 2.75) is 38.2 Å². The Labute approximate surface area is 72.3 Å². The second kappa shape index (κ2) is 1.77. The molecular formula is C10H14O2. The first kappa shape index (κ1) is 7.07. The van der Waals surface area contributed by atoms with Crippen molar-refractivity contribution in [2.24, 2.45) is 11.3 Å². The topological polar surface area (TPSA) is 26.3 Å². The van der Waals surface area contributed by atoms with Crippen molar-refractivity contribution in [1.29, 1.82) is 0 Å². The molecule has 4 fully saturated rings. The highest BCUT2D eigenvalue weighted by Gasteiger charge is 2.70. The second-order valence-corrected chi connectivity index (χ2v) is 4.94. The molecule has 4 aliphatic rings. The van der Waals surface area contributed by atoms with E-state index in [0.29, 0.717) is 5.78 Å². The minimum Gasteiger partial charge on any atom is -0.374 e. The largest absolute Gasteiger partial charge is 0.374 e. The number of rotatable bonds is 0. The Morgan fingerprint density at radius 1 is 1.58 bits per heavy atom. The Kier molecular flexibility index (Phi) is 1.04. The highest BCUT2D eigenvalue weighted by molar-refractivity contribution is 5.85. The molecule has 2 heteroatoms. The fourth-order valence-electron chi connectivity index (χ4n) is 3.66.